The molecule has 5 rings (SSSR count). The van der Waals surface area contributed by atoms with Crippen molar-refractivity contribution < 1.29 is 50.9 Å². The lowest BCUT2D eigenvalue weighted by Gasteiger charge is -2.19. The molecule has 1 aliphatic rings. The minimum absolute atomic E-state index is 0.118. The Morgan fingerprint density at radius 3 is 2.17 bits per heavy atom. The fraction of sp³-hybridized carbons (Fsp3) is 0.194. The maximum atomic E-state index is 12.8. The van der Waals surface area contributed by atoms with Gasteiger partial charge in [-0.15, -0.1) is 0 Å². The van der Waals surface area contributed by atoms with E-state index in [-0.39, 0.29) is 12.2 Å². The Balaban J connectivity index is 0.000000376. The van der Waals surface area contributed by atoms with Gasteiger partial charge < -0.3 is 20.3 Å². The average molecular weight is 699 g/mol. The number of carbonyl (C=O) groups is 2. The lowest BCUT2D eigenvalue weighted by Crippen LogP contribution is -2.21. The van der Waals surface area contributed by atoms with Gasteiger partial charge in [-0.05, 0) is 65.9 Å². The highest BCUT2D eigenvalue weighted by Crippen LogP contribution is 2.27. The molecule has 0 atom stereocenters. The maximum absolute atomic E-state index is 12.8. The van der Waals surface area contributed by atoms with Gasteiger partial charge in [0.25, 0.3) is 5.56 Å². The van der Waals surface area contributed by atoms with Crippen LogP contribution in [0.2, 0.25) is 5.02 Å². The summed E-state index contributed by atoms with van der Waals surface area (Å²) in [5, 5.41) is 18.2. The van der Waals surface area contributed by atoms with Crippen LogP contribution in [-0.4, -0.2) is 49.0 Å². The largest absolute Gasteiger partial charge is 0.490 e. The molecule has 3 aromatic heterocycles. The number of carboxylic acids is 2. The van der Waals surface area contributed by atoms with Crippen LogP contribution in [0.4, 0.5) is 32.2 Å². The Kier molecular flexibility index (Phi) is 12.7. The molecule has 0 spiro atoms. The number of halogens is 7. The molecular weight excluding hydrogens is 674 g/mol. The van der Waals surface area contributed by atoms with Gasteiger partial charge >= 0.3 is 24.3 Å². The van der Waals surface area contributed by atoms with Crippen LogP contribution in [0.1, 0.15) is 28.8 Å². The van der Waals surface area contributed by atoms with Gasteiger partial charge in [0.1, 0.15) is 18.2 Å². The molecule has 3 heterocycles. The van der Waals surface area contributed by atoms with Crippen molar-refractivity contribution in [2.75, 3.05) is 5.32 Å². The van der Waals surface area contributed by atoms with Gasteiger partial charge in [0, 0.05) is 36.9 Å². The van der Waals surface area contributed by atoms with Crippen molar-refractivity contribution in [2.45, 2.75) is 38.3 Å². The number of rotatable bonds is 7. The highest BCUT2D eigenvalue weighted by atomic mass is 35.5. The first-order valence-corrected chi connectivity index (χ1v) is 13.9. The van der Waals surface area contributed by atoms with Crippen LogP contribution in [0, 0.1) is 0 Å². The Morgan fingerprint density at radius 1 is 0.917 bits per heavy atom. The molecule has 0 bridgehead atoms. The molecule has 0 fully saturated rings. The molecule has 4 aromatic rings. The van der Waals surface area contributed by atoms with Crippen molar-refractivity contribution in [3.63, 3.8) is 0 Å². The monoisotopic (exact) mass is 698 g/mol. The molecule has 0 unspecified atom stereocenters. The number of hydrogen-bond acceptors (Lipinski definition) is 7. The molecule has 48 heavy (non-hydrogen) atoms. The number of allylic oxidation sites excluding steroid dienone is 1. The number of aryl methyl sites for hydroxylation is 1. The second-order valence-electron chi connectivity index (χ2n) is 9.67. The zero-order valence-corrected chi connectivity index (χ0v) is 25.2. The van der Waals surface area contributed by atoms with Crippen LogP contribution >= 0.6 is 11.6 Å². The van der Waals surface area contributed by atoms with Crippen LogP contribution in [0.5, 0.6) is 5.75 Å². The minimum atomic E-state index is -5.08. The predicted octanol–water partition coefficient (Wildman–Crippen LogP) is 6.69. The van der Waals surface area contributed by atoms with Crippen molar-refractivity contribution in [2.24, 2.45) is 0 Å². The smallest absolute Gasteiger partial charge is 0.487 e. The van der Waals surface area contributed by atoms with Gasteiger partial charge in [0.2, 0.25) is 0 Å². The zero-order chi connectivity index (χ0) is 35.5. The quantitative estimate of drug-likeness (QED) is 0.180. The maximum Gasteiger partial charge on any atom is 0.490 e. The van der Waals surface area contributed by atoms with Gasteiger partial charge in [0.15, 0.2) is 0 Å². The fourth-order valence-corrected chi connectivity index (χ4v) is 4.04. The van der Waals surface area contributed by atoms with E-state index in [1.807, 2.05) is 18.2 Å². The van der Waals surface area contributed by atoms with Crippen LogP contribution in [0.25, 0.3) is 11.8 Å². The number of benzene rings is 1. The molecule has 0 amide bonds. The summed E-state index contributed by atoms with van der Waals surface area (Å²) in [6.45, 7) is 0.988. The third-order valence-corrected chi connectivity index (χ3v) is 6.40. The number of aliphatic carboxylic acids is 2. The molecule has 1 aliphatic carbocycles. The highest BCUT2D eigenvalue weighted by Gasteiger charge is 2.38. The minimum Gasteiger partial charge on any atom is -0.487 e. The number of nitrogens with zero attached hydrogens (tertiary/aromatic N) is 3. The second-order valence-corrected chi connectivity index (χ2v) is 10.1. The van der Waals surface area contributed by atoms with Gasteiger partial charge in [-0.3, -0.25) is 14.3 Å². The first-order valence-electron chi connectivity index (χ1n) is 13.6. The normalized spacial score (nSPS) is 12.2. The van der Waals surface area contributed by atoms with Crippen LogP contribution in [0.15, 0.2) is 84.0 Å². The molecule has 0 saturated heterocycles. The standard InChI is InChI=1S/C27H23ClN4O2.2C2HF3O2/c28-22-7-8-23(30-17-22)18-34-25-10-12-32(27(33)15-25)24-9-6-20-13-19(4-5-21(20)14-24)16-31-26-3-1-2-11-29-26;2*3-2(4,5)1(6)7/h1-5,7-8,10-15,17H,6,9,16,18H2,(H,29,31);2*(H,6,7). The molecule has 10 nitrogen and oxygen atoms in total. The second kappa shape index (κ2) is 16.4. The SMILES string of the molecule is O=C(O)C(F)(F)F.O=C(O)C(F)(F)F.O=c1cc(OCc2ccc(Cl)cn2)ccn1C1=Cc2ccc(CNc3ccccn3)cc2CC1. The Morgan fingerprint density at radius 2 is 1.60 bits per heavy atom. The average Bonchev–Trinajstić information content (AvgIpc) is 3.03. The van der Waals surface area contributed by atoms with E-state index in [1.54, 1.807) is 41.4 Å². The van der Waals surface area contributed by atoms with Crippen LogP contribution < -0.4 is 15.6 Å². The predicted molar refractivity (Wildman–Crippen MR) is 162 cm³/mol. The van der Waals surface area contributed by atoms with Crippen molar-refractivity contribution >= 4 is 41.1 Å². The molecule has 0 aliphatic heterocycles. The van der Waals surface area contributed by atoms with E-state index in [0.717, 1.165) is 35.6 Å². The van der Waals surface area contributed by atoms with Gasteiger partial charge in [-0.1, -0.05) is 35.9 Å². The summed E-state index contributed by atoms with van der Waals surface area (Å²) in [7, 11) is 0. The van der Waals surface area contributed by atoms with E-state index in [4.69, 9.17) is 36.1 Å². The van der Waals surface area contributed by atoms with E-state index in [1.165, 1.54) is 17.2 Å². The van der Waals surface area contributed by atoms with Gasteiger partial charge in [-0.25, -0.2) is 14.6 Å². The van der Waals surface area contributed by atoms with Crippen LogP contribution in [0.3, 0.4) is 0 Å². The number of nitrogens with one attached hydrogen (secondary N) is 1. The topological polar surface area (TPSA) is 144 Å². The Bertz CT molecular complexity index is 1770. The summed E-state index contributed by atoms with van der Waals surface area (Å²) in [4.78, 5) is 39.1. The number of pyridine rings is 3. The van der Waals surface area contributed by atoms with Crippen molar-refractivity contribution in [1.29, 1.82) is 0 Å². The number of alkyl halides is 6. The van der Waals surface area contributed by atoms with Gasteiger partial charge in [-0.2, -0.15) is 26.3 Å². The summed E-state index contributed by atoms with van der Waals surface area (Å²) < 4.78 is 70.9. The lowest BCUT2D eigenvalue weighted by atomic mass is 9.93. The number of fused-ring (bicyclic) bond motifs is 1. The Hall–Kier alpha value is -5.38. The van der Waals surface area contributed by atoms with E-state index in [2.05, 4.69) is 39.6 Å². The molecular formula is C31H25ClF6N4O6. The number of aromatic nitrogens is 3. The Labute approximate surface area is 272 Å². The summed E-state index contributed by atoms with van der Waals surface area (Å²) in [6.07, 6.45) is -1.28. The summed E-state index contributed by atoms with van der Waals surface area (Å²) in [5.74, 6) is -4.14. The molecule has 254 valence electrons. The fourth-order valence-electron chi connectivity index (χ4n) is 3.93. The number of ether oxygens (including phenoxy) is 1. The molecule has 3 N–H and O–H groups in total. The van der Waals surface area contributed by atoms with E-state index < -0.39 is 24.3 Å². The van der Waals surface area contributed by atoms with E-state index >= 15 is 0 Å². The first kappa shape index (κ1) is 37.1. The zero-order valence-electron chi connectivity index (χ0n) is 24.4. The van der Waals surface area contributed by atoms with Crippen LogP contribution in [-0.2, 0) is 29.2 Å². The summed E-state index contributed by atoms with van der Waals surface area (Å²) in [5.41, 5.74) is 5.23. The van der Waals surface area contributed by atoms with E-state index in [0.29, 0.717) is 17.3 Å². The summed E-state index contributed by atoms with van der Waals surface area (Å²) >= 11 is 5.86. The number of anilines is 1. The molecule has 0 saturated carbocycles. The van der Waals surface area contributed by atoms with Gasteiger partial charge in [0.05, 0.1) is 10.7 Å². The first-order chi connectivity index (χ1) is 22.5. The molecule has 0 radical (unpaired) electrons. The van der Waals surface area contributed by atoms with Crippen molar-refractivity contribution in [3.05, 3.63) is 117 Å². The molecule has 17 heteroatoms. The third-order valence-electron chi connectivity index (χ3n) is 6.18. The number of carboxylic acid groups (broad SMARTS) is 2. The number of hydrogen-bond donors (Lipinski definition) is 3. The van der Waals surface area contributed by atoms with E-state index in [9.17, 15) is 31.1 Å². The van der Waals surface area contributed by atoms with Crippen molar-refractivity contribution in [3.8, 4) is 5.75 Å². The highest BCUT2D eigenvalue weighted by molar-refractivity contribution is 6.30. The molecule has 1 aromatic carbocycles. The summed E-state index contributed by atoms with van der Waals surface area (Å²) in [6, 6.07) is 19.2. The van der Waals surface area contributed by atoms with Crippen molar-refractivity contribution in [1.82, 2.24) is 14.5 Å². The third kappa shape index (κ3) is 11.8. The lowest BCUT2D eigenvalue weighted by molar-refractivity contribution is -0.193.